The highest BCUT2D eigenvalue weighted by Gasteiger charge is 2.23. The van der Waals surface area contributed by atoms with Gasteiger partial charge in [-0.15, -0.1) is 0 Å². The second kappa shape index (κ2) is 8.33. The summed E-state index contributed by atoms with van der Waals surface area (Å²) in [5, 5.41) is 6.48. The number of aryl methyl sites for hydroxylation is 1. The van der Waals surface area contributed by atoms with Gasteiger partial charge in [0.1, 0.15) is 0 Å². The second-order valence-corrected chi connectivity index (χ2v) is 7.25. The van der Waals surface area contributed by atoms with Crippen LogP contribution in [0.3, 0.4) is 0 Å². The summed E-state index contributed by atoms with van der Waals surface area (Å²) in [5.41, 5.74) is 1.56. The maximum atomic E-state index is 12.2. The van der Waals surface area contributed by atoms with Crippen molar-refractivity contribution in [3.63, 3.8) is 0 Å². The van der Waals surface area contributed by atoms with Gasteiger partial charge in [0.15, 0.2) is 0 Å². The molecule has 0 aromatic heterocycles. The topological polar surface area (TPSA) is 41.1 Å². The highest BCUT2D eigenvalue weighted by Crippen LogP contribution is 2.23. The fourth-order valence-electron chi connectivity index (χ4n) is 3.06. The number of rotatable bonds is 7. The number of piperidine rings is 1. The van der Waals surface area contributed by atoms with Crippen molar-refractivity contribution in [3.05, 3.63) is 35.9 Å². The average Bonchev–Trinajstić information content (AvgIpc) is 2.54. The van der Waals surface area contributed by atoms with E-state index in [2.05, 4.69) is 54.8 Å². The van der Waals surface area contributed by atoms with Gasteiger partial charge in [-0.1, -0.05) is 44.2 Å². The molecule has 22 heavy (non-hydrogen) atoms. The van der Waals surface area contributed by atoms with Gasteiger partial charge < -0.3 is 10.6 Å². The number of benzene rings is 1. The summed E-state index contributed by atoms with van der Waals surface area (Å²) in [6.07, 6.45) is 5.36. The van der Waals surface area contributed by atoms with Crippen LogP contribution < -0.4 is 10.6 Å². The van der Waals surface area contributed by atoms with E-state index >= 15 is 0 Å². The first-order chi connectivity index (χ1) is 10.6. The number of carbonyl (C=O) groups is 1. The van der Waals surface area contributed by atoms with Crippen LogP contribution in [0.15, 0.2) is 30.3 Å². The Morgan fingerprint density at radius 1 is 1.23 bits per heavy atom. The first-order valence-electron chi connectivity index (χ1n) is 8.59. The molecule has 1 aliphatic heterocycles. The van der Waals surface area contributed by atoms with Crippen molar-refractivity contribution in [3.8, 4) is 0 Å². The largest absolute Gasteiger partial charge is 0.355 e. The Bertz CT molecular complexity index is 450. The summed E-state index contributed by atoms with van der Waals surface area (Å²) in [5.74, 6) is 0.457. The molecule has 0 saturated carbocycles. The van der Waals surface area contributed by atoms with Gasteiger partial charge in [-0.3, -0.25) is 4.79 Å². The Kier molecular flexibility index (Phi) is 6.44. The van der Waals surface area contributed by atoms with Gasteiger partial charge in [0.05, 0.1) is 0 Å². The molecule has 0 bridgehead atoms. The van der Waals surface area contributed by atoms with Gasteiger partial charge in [-0.05, 0) is 56.2 Å². The summed E-state index contributed by atoms with van der Waals surface area (Å²) >= 11 is 0. The van der Waals surface area contributed by atoms with Crippen LogP contribution in [0.1, 0.15) is 45.1 Å². The van der Waals surface area contributed by atoms with Crippen LogP contribution in [0.4, 0.5) is 0 Å². The van der Waals surface area contributed by atoms with Crippen molar-refractivity contribution >= 4 is 5.91 Å². The molecule has 2 rings (SSSR count). The number of amides is 1. The SMILES string of the molecule is CC(C)(CCCc1ccccc1)CNC(=O)C1CCNCC1. The van der Waals surface area contributed by atoms with Crippen molar-refractivity contribution < 1.29 is 4.79 Å². The molecule has 122 valence electrons. The first-order valence-corrected chi connectivity index (χ1v) is 8.59. The van der Waals surface area contributed by atoms with Crippen LogP contribution in [-0.2, 0) is 11.2 Å². The first kappa shape index (κ1) is 17.0. The Morgan fingerprint density at radius 3 is 2.59 bits per heavy atom. The molecule has 1 aliphatic rings. The number of carbonyl (C=O) groups excluding carboxylic acids is 1. The molecule has 1 amide bonds. The second-order valence-electron chi connectivity index (χ2n) is 7.25. The monoisotopic (exact) mass is 302 g/mol. The molecule has 2 N–H and O–H groups in total. The maximum absolute atomic E-state index is 12.2. The lowest BCUT2D eigenvalue weighted by Gasteiger charge is -2.27. The molecule has 1 heterocycles. The molecular formula is C19H30N2O. The third-order valence-electron chi connectivity index (χ3n) is 4.61. The van der Waals surface area contributed by atoms with E-state index in [4.69, 9.17) is 0 Å². The molecule has 0 spiro atoms. The summed E-state index contributed by atoms with van der Waals surface area (Å²) in [6, 6.07) is 10.6. The molecule has 1 fully saturated rings. The summed E-state index contributed by atoms with van der Waals surface area (Å²) in [4.78, 5) is 12.2. The van der Waals surface area contributed by atoms with Crippen molar-refractivity contribution in [2.45, 2.75) is 46.0 Å². The highest BCUT2D eigenvalue weighted by molar-refractivity contribution is 5.78. The van der Waals surface area contributed by atoms with Gasteiger partial charge in [-0.2, -0.15) is 0 Å². The summed E-state index contributed by atoms with van der Waals surface area (Å²) in [7, 11) is 0. The molecule has 1 saturated heterocycles. The van der Waals surface area contributed by atoms with E-state index in [0.29, 0.717) is 0 Å². The molecule has 1 aromatic rings. The van der Waals surface area contributed by atoms with Gasteiger partial charge in [0.2, 0.25) is 5.91 Å². The minimum absolute atomic E-state index is 0.164. The number of nitrogens with one attached hydrogen (secondary N) is 2. The van der Waals surface area contributed by atoms with Crippen molar-refractivity contribution in [1.82, 2.24) is 10.6 Å². The number of hydrogen-bond donors (Lipinski definition) is 2. The lowest BCUT2D eigenvalue weighted by molar-refractivity contribution is -0.126. The Balaban J connectivity index is 1.67. The summed E-state index contributed by atoms with van der Waals surface area (Å²) in [6.45, 7) is 7.23. The zero-order valence-corrected chi connectivity index (χ0v) is 14.0. The van der Waals surface area contributed by atoms with Crippen molar-refractivity contribution in [1.29, 1.82) is 0 Å². The quantitative estimate of drug-likeness (QED) is 0.812. The Hall–Kier alpha value is -1.35. The smallest absolute Gasteiger partial charge is 0.223 e. The van der Waals surface area contributed by atoms with E-state index in [1.807, 2.05) is 0 Å². The van der Waals surface area contributed by atoms with E-state index < -0.39 is 0 Å². The Labute approximate surface area is 134 Å². The van der Waals surface area contributed by atoms with E-state index in [1.54, 1.807) is 0 Å². The van der Waals surface area contributed by atoms with E-state index in [0.717, 1.165) is 45.3 Å². The van der Waals surface area contributed by atoms with Crippen LogP contribution in [-0.4, -0.2) is 25.5 Å². The van der Waals surface area contributed by atoms with Crippen molar-refractivity contribution in [2.24, 2.45) is 11.3 Å². The minimum Gasteiger partial charge on any atom is -0.355 e. The Morgan fingerprint density at radius 2 is 1.91 bits per heavy atom. The van der Waals surface area contributed by atoms with Gasteiger partial charge in [-0.25, -0.2) is 0 Å². The predicted molar refractivity (Wildman–Crippen MR) is 91.8 cm³/mol. The zero-order valence-electron chi connectivity index (χ0n) is 14.0. The fraction of sp³-hybridized carbons (Fsp3) is 0.632. The molecule has 3 heteroatoms. The molecule has 0 unspecified atom stereocenters. The van der Waals surface area contributed by atoms with E-state index in [1.165, 1.54) is 12.0 Å². The molecule has 3 nitrogen and oxygen atoms in total. The van der Waals surface area contributed by atoms with Crippen LogP contribution in [0, 0.1) is 11.3 Å². The molecule has 0 atom stereocenters. The predicted octanol–water partition coefficient (Wildman–Crippen LogP) is 3.15. The molecule has 0 radical (unpaired) electrons. The van der Waals surface area contributed by atoms with Crippen LogP contribution in [0.25, 0.3) is 0 Å². The lowest BCUT2D eigenvalue weighted by atomic mass is 9.86. The van der Waals surface area contributed by atoms with Crippen LogP contribution >= 0.6 is 0 Å². The van der Waals surface area contributed by atoms with Crippen molar-refractivity contribution in [2.75, 3.05) is 19.6 Å². The molecular weight excluding hydrogens is 272 g/mol. The zero-order chi connectivity index (χ0) is 15.8. The fourth-order valence-corrected chi connectivity index (χ4v) is 3.06. The van der Waals surface area contributed by atoms with Gasteiger partial charge >= 0.3 is 0 Å². The van der Waals surface area contributed by atoms with Gasteiger partial charge in [0, 0.05) is 12.5 Å². The lowest BCUT2D eigenvalue weighted by Crippen LogP contribution is -2.41. The number of hydrogen-bond acceptors (Lipinski definition) is 2. The van der Waals surface area contributed by atoms with E-state index in [9.17, 15) is 4.79 Å². The average molecular weight is 302 g/mol. The van der Waals surface area contributed by atoms with Crippen LogP contribution in [0.2, 0.25) is 0 Å². The van der Waals surface area contributed by atoms with Crippen LogP contribution in [0.5, 0.6) is 0 Å². The molecule has 1 aromatic carbocycles. The summed E-state index contributed by atoms with van der Waals surface area (Å²) < 4.78 is 0. The van der Waals surface area contributed by atoms with E-state index in [-0.39, 0.29) is 17.2 Å². The standard InChI is InChI=1S/C19H30N2O/c1-19(2,12-6-9-16-7-4-3-5-8-16)15-21-18(22)17-10-13-20-14-11-17/h3-5,7-8,17,20H,6,9-15H2,1-2H3,(H,21,22). The normalized spacial score (nSPS) is 16.5. The highest BCUT2D eigenvalue weighted by atomic mass is 16.1. The molecule has 0 aliphatic carbocycles. The third-order valence-corrected chi connectivity index (χ3v) is 4.61. The maximum Gasteiger partial charge on any atom is 0.223 e. The van der Waals surface area contributed by atoms with Gasteiger partial charge in [0.25, 0.3) is 0 Å². The third kappa shape index (κ3) is 5.80. The minimum atomic E-state index is 0.164.